The third kappa shape index (κ3) is 1.72. The fourth-order valence-corrected chi connectivity index (χ4v) is 2.27. The highest BCUT2D eigenvalue weighted by molar-refractivity contribution is 7.98. The van der Waals surface area contributed by atoms with Crippen LogP contribution in [0.3, 0.4) is 0 Å². The first-order valence-corrected chi connectivity index (χ1v) is 4.94. The molecule has 0 aliphatic carbocycles. The number of carboxylic acids is 1. The van der Waals surface area contributed by atoms with Crippen molar-refractivity contribution in [3.8, 4) is 0 Å². The number of aromatic carboxylic acids is 1. The van der Waals surface area contributed by atoms with Gasteiger partial charge in [-0.05, 0) is 13.2 Å². The molecule has 0 aromatic carbocycles. The van der Waals surface area contributed by atoms with Crippen molar-refractivity contribution >= 4 is 29.1 Å². The first kappa shape index (κ1) is 8.55. The maximum atomic E-state index is 10.6. The summed E-state index contributed by atoms with van der Waals surface area (Å²) in [5.74, 6) is -0.889. The molecule has 0 unspecified atom stereocenters. The van der Waals surface area contributed by atoms with E-state index < -0.39 is 5.97 Å². The van der Waals surface area contributed by atoms with Crippen molar-refractivity contribution in [2.24, 2.45) is 0 Å². The Morgan fingerprint density at radius 2 is 2.36 bits per heavy atom. The Labute approximate surface area is 72.5 Å². The third-order valence-electron chi connectivity index (χ3n) is 1.09. The minimum atomic E-state index is -0.889. The number of carboxylic acid groups (broad SMARTS) is 1. The van der Waals surface area contributed by atoms with Gasteiger partial charge >= 0.3 is 5.97 Å². The molecule has 60 valence electrons. The summed E-state index contributed by atoms with van der Waals surface area (Å²) in [6.07, 6.45) is 1.82. The van der Waals surface area contributed by atoms with Gasteiger partial charge in [-0.3, -0.25) is 0 Å². The van der Waals surface area contributed by atoms with Gasteiger partial charge in [0, 0.05) is 0 Å². The molecular formula is C6H7NO2S2. The van der Waals surface area contributed by atoms with Crippen LogP contribution in [0.2, 0.25) is 0 Å². The lowest BCUT2D eigenvalue weighted by Crippen LogP contribution is -1.93. The zero-order valence-electron chi connectivity index (χ0n) is 6.12. The van der Waals surface area contributed by atoms with E-state index in [1.54, 1.807) is 6.92 Å². The van der Waals surface area contributed by atoms with E-state index in [1.807, 2.05) is 6.26 Å². The molecule has 0 radical (unpaired) electrons. The summed E-state index contributed by atoms with van der Waals surface area (Å²) in [4.78, 5) is 14.9. The van der Waals surface area contributed by atoms with Gasteiger partial charge in [0.15, 0.2) is 0 Å². The molecule has 11 heavy (non-hydrogen) atoms. The van der Waals surface area contributed by atoms with Crippen molar-refractivity contribution < 1.29 is 9.90 Å². The van der Waals surface area contributed by atoms with Crippen LogP contribution in [0.1, 0.15) is 14.7 Å². The molecule has 0 aliphatic rings. The molecule has 0 saturated carbocycles. The summed E-state index contributed by atoms with van der Waals surface area (Å²) < 4.78 is 0. The van der Waals surface area contributed by atoms with Gasteiger partial charge in [0.05, 0.1) is 5.01 Å². The molecule has 0 bridgehead atoms. The Morgan fingerprint density at radius 3 is 2.73 bits per heavy atom. The molecule has 0 aliphatic heterocycles. The minimum Gasteiger partial charge on any atom is -0.477 e. The minimum absolute atomic E-state index is 0.343. The van der Waals surface area contributed by atoms with Crippen LogP contribution in [-0.4, -0.2) is 22.3 Å². The van der Waals surface area contributed by atoms with Crippen molar-refractivity contribution in [2.75, 3.05) is 6.26 Å². The lowest BCUT2D eigenvalue weighted by Gasteiger charge is -1.88. The topological polar surface area (TPSA) is 50.2 Å². The smallest absolute Gasteiger partial charge is 0.348 e. The van der Waals surface area contributed by atoms with Crippen molar-refractivity contribution in [1.29, 1.82) is 0 Å². The molecule has 0 atom stereocenters. The van der Waals surface area contributed by atoms with E-state index in [9.17, 15) is 4.79 Å². The lowest BCUT2D eigenvalue weighted by atomic mass is 10.6. The molecule has 5 heteroatoms. The molecule has 1 aromatic heterocycles. The number of nitrogens with zero attached hydrogens (tertiary/aromatic N) is 1. The summed E-state index contributed by atoms with van der Waals surface area (Å²) in [6, 6.07) is 0. The van der Waals surface area contributed by atoms with Crippen molar-refractivity contribution in [1.82, 2.24) is 4.98 Å². The van der Waals surface area contributed by atoms with E-state index in [0.717, 1.165) is 5.01 Å². The van der Waals surface area contributed by atoms with E-state index in [1.165, 1.54) is 23.1 Å². The molecule has 0 fully saturated rings. The van der Waals surface area contributed by atoms with Crippen LogP contribution < -0.4 is 0 Å². The second-order valence-corrected chi connectivity index (χ2v) is 3.87. The molecule has 0 amide bonds. The Kier molecular flexibility index (Phi) is 2.51. The predicted octanol–water partition coefficient (Wildman–Crippen LogP) is 1.87. The fraction of sp³-hybridized carbons (Fsp3) is 0.333. The molecular weight excluding hydrogens is 182 g/mol. The Bertz CT molecular complexity index is 282. The van der Waals surface area contributed by atoms with Crippen LogP contribution >= 0.6 is 23.1 Å². The summed E-state index contributed by atoms with van der Waals surface area (Å²) in [5.41, 5.74) is 0. The van der Waals surface area contributed by atoms with Gasteiger partial charge in [-0.25, -0.2) is 9.78 Å². The van der Waals surface area contributed by atoms with Gasteiger partial charge in [-0.2, -0.15) is 0 Å². The van der Waals surface area contributed by atoms with Gasteiger partial charge in [0.25, 0.3) is 0 Å². The highest BCUT2D eigenvalue weighted by Crippen LogP contribution is 2.24. The first-order valence-electron chi connectivity index (χ1n) is 2.90. The zero-order valence-corrected chi connectivity index (χ0v) is 7.75. The number of thioether (sulfide) groups is 1. The standard InChI is InChI=1S/C6H7NO2S2/c1-3-7-5(10-2)4(11-3)6(8)9/h1-2H3,(H,8,9). The van der Waals surface area contributed by atoms with Gasteiger partial charge in [0.2, 0.25) is 0 Å². The molecule has 0 saturated heterocycles. The first-order chi connectivity index (χ1) is 5.15. The van der Waals surface area contributed by atoms with Crippen LogP contribution in [0.25, 0.3) is 0 Å². The Morgan fingerprint density at radius 1 is 1.73 bits per heavy atom. The maximum Gasteiger partial charge on any atom is 0.348 e. The number of hydrogen-bond acceptors (Lipinski definition) is 4. The van der Waals surface area contributed by atoms with E-state index in [0.29, 0.717) is 9.90 Å². The Hall–Kier alpha value is -0.550. The molecule has 0 spiro atoms. The van der Waals surface area contributed by atoms with Crippen LogP contribution in [0, 0.1) is 6.92 Å². The molecule has 1 rings (SSSR count). The monoisotopic (exact) mass is 189 g/mol. The largest absolute Gasteiger partial charge is 0.477 e. The fourth-order valence-electron chi connectivity index (χ4n) is 0.681. The highest BCUT2D eigenvalue weighted by atomic mass is 32.2. The summed E-state index contributed by atoms with van der Waals surface area (Å²) in [5, 5.41) is 10.1. The quantitative estimate of drug-likeness (QED) is 0.721. The summed E-state index contributed by atoms with van der Waals surface area (Å²) in [7, 11) is 0. The van der Waals surface area contributed by atoms with Crippen LogP contribution in [-0.2, 0) is 0 Å². The maximum absolute atomic E-state index is 10.6. The van der Waals surface area contributed by atoms with Crippen LogP contribution in [0.4, 0.5) is 0 Å². The molecule has 1 aromatic rings. The third-order valence-corrected chi connectivity index (χ3v) is 2.86. The number of thiazole rings is 1. The van der Waals surface area contributed by atoms with E-state index in [4.69, 9.17) is 5.11 Å². The van der Waals surface area contributed by atoms with Crippen LogP contribution in [0.15, 0.2) is 5.03 Å². The van der Waals surface area contributed by atoms with Crippen molar-refractivity contribution in [3.63, 3.8) is 0 Å². The lowest BCUT2D eigenvalue weighted by molar-refractivity contribution is 0.0698. The number of carbonyl (C=O) groups is 1. The number of aromatic nitrogens is 1. The van der Waals surface area contributed by atoms with Crippen LogP contribution in [0.5, 0.6) is 0 Å². The Balaban J connectivity index is 3.12. The average Bonchev–Trinajstić information content (AvgIpc) is 2.30. The summed E-state index contributed by atoms with van der Waals surface area (Å²) >= 11 is 2.58. The molecule has 1 N–H and O–H groups in total. The number of rotatable bonds is 2. The summed E-state index contributed by atoms with van der Waals surface area (Å²) in [6.45, 7) is 1.80. The second kappa shape index (κ2) is 3.23. The van der Waals surface area contributed by atoms with Gasteiger partial charge in [-0.15, -0.1) is 23.1 Å². The normalized spacial score (nSPS) is 10.0. The predicted molar refractivity (Wildman–Crippen MR) is 45.6 cm³/mol. The van der Waals surface area contributed by atoms with Gasteiger partial charge in [-0.1, -0.05) is 0 Å². The number of hydrogen-bond donors (Lipinski definition) is 1. The number of aryl methyl sites for hydroxylation is 1. The van der Waals surface area contributed by atoms with E-state index in [-0.39, 0.29) is 0 Å². The zero-order chi connectivity index (χ0) is 8.43. The van der Waals surface area contributed by atoms with Crippen molar-refractivity contribution in [3.05, 3.63) is 9.88 Å². The highest BCUT2D eigenvalue weighted by Gasteiger charge is 2.13. The van der Waals surface area contributed by atoms with Gasteiger partial charge in [0.1, 0.15) is 9.90 Å². The second-order valence-electron chi connectivity index (χ2n) is 1.88. The van der Waals surface area contributed by atoms with Crippen molar-refractivity contribution in [2.45, 2.75) is 11.9 Å². The molecule has 3 nitrogen and oxygen atoms in total. The van der Waals surface area contributed by atoms with E-state index in [2.05, 4.69) is 4.98 Å². The molecule has 1 heterocycles. The van der Waals surface area contributed by atoms with Gasteiger partial charge < -0.3 is 5.11 Å². The average molecular weight is 189 g/mol. The van der Waals surface area contributed by atoms with E-state index >= 15 is 0 Å². The SMILES string of the molecule is CSc1nc(C)sc1C(=O)O.